The Hall–Kier alpha value is -1.77. The Kier molecular flexibility index (Phi) is 3.29. The summed E-state index contributed by atoms with van der Waals surface area (Å²) in [6, 6.07) is 7.05. The molecule has 0 aromatic heterocycles. The van der Waals surface area contributed by atoms with E-state index in [1.54, 1.807) is 25.1 Å². The van der Waals surface area contributed by atoms with Gasteiger partial charge in [-0.2, -0.15) is 0 Å². The lowest BCUT2D eigenvalue weighted by Gasteiger charge is -2.05. The molecule has 0 aliphatic heterocycles. The Morgan fingerprint density at radius 2 is 2.00 bits per heavy atom. The van der Waals surface area contributed by atoms with Crippen molar-refractivity contribution < 1.29 is 9.53 Å². The molecule has 0 aliphatic rings. The standard InChI is InChI=1S/C11H13NO2/c1-8(12)7-14-11-6-4-3-5-10(11)9(2)13/h3-7H,12H2,1-2H3/b8-7-. The van der Waals surface area contributed by atoms with Gasteiger partial charge in [0.05, 0.1) is 5.56 Å². The van der Waals surface area contributed by atoms with Gasteiger partial charge in [0.15, 0.2) is 5.78 Å². The first kappa shape index (κ1) is 10.3. The minimum atomic E-state index is -0.0244. The molecule has 0 saturated carbocycles. The minimum Gasteiger partial charge on any atom is -0.462 e. The molecule has 1 rings (SSSR count). The van der Waals surface area contributed by atoms with Crippen LogP contribution in [0.2, 0.25) is 0 Å². The zero-order valence-corrected chi connectivity index (χ0v) is 8.28. The van der Waals surface area contributed by atoms with Crippen LogP contribution in [0.25, 0.3) is 0 Å². The van der Waals surface area contributed by atoms with Gasteiger partial charge in [0.25, 0.3) is 0 Å². The van der Waals surface area contributed by atoms with Gasteiger partial charge in [-0.15, -0.1) is 0 Å². The third-order valence-electron chi connectivity index (χ3n) is 1.64. The predicted molar refractivity (Wildman–Crippen MR) is 55.0 cm³/mol. The number of hydrogen-bond acceptors (Lipinski definition) is 3. The lowest BCUT2D eigenvalue weighted by molar-refractivity contribution is 0.101. The highest BCUT2D eigenvalue weighted by Crippen LogP contribution is 2.18. The summed E-state index contributed by atoms with van der Waals surface area (Å²) in [6.45, 7) is 3.22. The molecule has 1 aromatic carbocycles. The Balaban J connectivity index is 2.96. The molecule has 0 unspecified atom stereocenters. The molecule has 0 heterocycles. The molecule has 1 aromatic rings. The van der Waals surface area contributed by atoms with Gasteiger partial charge in [-0.3, -0.25) is 4.79 Å². The second kappa shape index (κ2) is 4.46. The van der Waals surface area contributed by atoms with Crippen LogP contribution in [0.4, 0.5) is 0 Å². The third-order valence-corrected chi connectivity index (χ3v) is 1.64. The van der Waals surface area contributed by atoms with Crippen LogP contribution < -0.4 is 10.5 Å². The van der Waals surface area contributed by atoms with E-state index in [0.717, 1.165) is 0 Å². The molecule has 0 atom stereocenters. The minimum absolute atomic E-state index is 0.0244. The van der Waals surface area contributed by atoms with E-state index in [-0.39, 0.29) is 5.78 Å². The highest BCUT2D eigenvalue weighted by atomic mass is 16.5. The molecule has 0 fully saturated rings. The molecule has 0 spiro atoms. The van der Waals surface area contributed by atoms with Crippen molar-refractivity contribution in [3.8, 4) is 5.75 Å². The van der Waals surface area contributed by atoms with Gasteiger partial charge in [0.1, 0.15) is 12.0 Å². The lowest BCUT2D eigenvalue weighted by atomic mass is 10.1. The summed E-state index contributed by atoms with van der Waals surface area (Å²) in [4.78, 5) is 11.2. The molecule has 0 aliphatic carbocycles. The Labute approximate surface area is 83.2 Å². The van der Waals surface area contributed by atoms with E-state index in [0.29, 0.717) is 17.0 Å². The van der Waals surface area contributed by atoms with Crippen molar-refractivity contribution in [2.24, 2.45) is 5.73 Å². The third kappa shape index (κ3) is 2.62. The zero-order valence-electron chi connectivity index (χ0n) is 8.28. The number of rotatable bonds is 3. The highest BCUT2D eigenvalue weighted by molar-refractivity contribution is 5.96. The highest BCUT2D eigenvalue weighted by Gasteiger charge is 2.05. The molecular weight excluding hydrogens is 178 g/mol. The summed E-state index contributed by atoms with van der Waals surface area (Å²) in [5.74, 6) is 0.508. The molecule has 74 valence electrons. The van der Waals surface area contributed by atoms with Crippen LogP contribution in [0.3, 0.4) is 0 Å². The molecule has 14 heavy (non-hydrogen) atoms. The van der Waals surface area contributed by atoms with Crippen molar-refractivity contribution in [3.63, 3.8) is 0 Å². The van der Waals surface area contributed by atoms with Gasteiger partial charge in [-0.1, -0.05) is 12.1 Å². The largest absolute Gasteiger partial charge is 0.462 e. The van der Waals surface area contributed by atoms with Crippen LogP contribution in [0, 0.1) is 0 Å². The van der Waals surface area contributed by atoms with E-state index < -0.39 is 0 Å². The number of hydrogen-bond donors (Lipinski definition) is 1. The average molecular weight is 191 g/mol. The fourth-order valence-corrected chi connectivity index (χ4v) is 1.02. The number of carbonyl (C=O) groups excluding carboxylic acids is 1. The smallest absolute Gasteiger partial charge is 0.163 e. The van der Waals surface area contributed by atoms with Crippen LogP contribution in [-0.2, 0) is 0 Å². The molecule has 2 N–H and O–H groups in total. The number of benzene rings is 1. The molecule has 0 amide bonds. The number of Topliss-reactive ketones (excluding diaryl/α,β-unsaturated/α-hetero) is 1. The first-order valence-electron chi connectivity index (χ1n) is 4.30. The summed E-state index contributed by atoms with van der Waals surface area (Å²) < 4.78 is 5.25. The lowest BCUT2D eigenvalue weighted by Crippen LogP contribution is -1.99. The number of para-hydroxylation sites is 1. The summed E-state index contributed by atoms with van der Waals surface area (Å²) in [7, 11) is 0. The normalized spacial score (nSPS) is 11.1. The molecule has 3 nitrogen and oxygen atoms in total. The zero-order chi connectivity index (χ0) is 10.6. The summed E-state index contributed by atoms with van der Waals surface area (Å²) >= 11 is 0. The molecule has 3 heteroatoms. The SMILES string of the molecule is CC(=O)c1ccccc1O/C=C(/C)N. The quantitative estimate of drug-likeness (QED) is 0.588. The van der Waals surface area contributed by atoms with Crippen molar-refractivity contribution in [1.29, 1.82) is 0 Å². The van der Waals surface area contributed by atoms with E-state index in [9.17, 15) is 4.79 Å². The number of ether oxygens (including phenoxy) is 1. The average Bonchev–Trinajstić information content (AvgIpc) is 2.15. The van der Waals surface area contributed by atoms with Crippen LogP contribution in [0.15, 0.2) is 36.2 Å². The van der Waals surface area contributed by atoms with Crippen molar-refractivity contribution in [3.05, 3.63) is 41.8 Å². The van der Waals surface area contributed by atoms with Gasteiger partial charge in [-0.05, 0) is 26.0 Å². The maximum Gasteiger partial charge on any atom is 0.163 e. The van der Waals surface area contributed by atoms with E-state index >= 15 is 0 Å². The van der Waals surface area contributed by atoms with Gasteiger partial charge in [0.2, 0.25) is 0 Å². The van der Waals surface area contributed by atoms with Crippen LogP contribution in [0.5, 0.6) is 5.75 Å². The monoisotopic (exact) mass is 191 g/mol. The van der Waals surface area contributed by atoms with Gasteiger partial charge >= 0.3 is 0 Å². The molecular formula is C11H13NO2. The summed E-state index contributed by atoms with van der Waals surface area (Å²) in [5.41, 5.74) is 6.54. The Morgan fingerprint density at radius 3 is 2.57 bits per heavy atom. The van der Waals surface area contributed by atoms with Gasteiger partial charge < -0.3 is 10.5 Å². The van der Waals surface area contributed by atoms with E-state index in [1.807, 2.05) is 6.07 Å². The predicted octanol–water partition coefficient (Wildman–Crippen LogP) is 2.09. The Bertz CT molecular complexity index is 365. The van der Waals surface area contributed by atoms with Crippen molar-refractivity contribution in [2.75, 3.05) is 0 Å². The summed E-state index contributed by atoms with van der Waals surface area (Å²) in [5, 5.41) is 0. The maximum absolute atomic E-state index is 11.2. The van der Waals surface area contributed by atoms with Crippen molar-refractivity contribution in [2.45, 2.75) is 13.8 Å². The first-order valence-corrected chi connectivity index (χ1v) is 4.30. The summed E-state index contributed by atoms with van der Waals surface area (Å²) in [6.07, 6.45) is 1.42. The van der Waals surface area contributed by atoms with E-state index in [4.69, 9.17) is 10.5 Å². The van der Waals surface area contributed by atoms with Crippen molar-refractivity contribution >= 4 is 5.78 Å². The number of allylic oxidation sites excluding steroid dienone is 1. The van der Waals surface area contributed by atoms with Gasteiger partial charge in [0, 0.05) is 5.70 Å². The number of carbonyl (C=O) groups is 1. The molecule has 0 radical (unpaired) electrons. The fraction of sp³-hybridized carbons (Fsp3) is 0.182. The first-order chi connectivity index (χ1) is 6.61. The van der Waals surface area contributed by atoms with Crippen molar-refractivity contribution in [1.82, 2.24) is 0 Å². The second-order valence-corrected chi connectivity index (χ2v) is 3.03. The molecule has 0 bridgehead atoms. The van der Waals surface area contributed by atoms with Crippen LogP contribution >= 0.6 is 0 Å². The number of ketones is 1. The van der Waals surface area contributed by atoms with E-state index in [2.05, 4.69) is 0 Å². The maximum atomic E-state index is 11.2. The van der Waals surface area contributed by atoms with Crippen LogP contribution in [0.1, 0.15) is 24.2 Å². The van der Waals surface area contributed by atoms with Crippen LogP contribution in [-0.4, -0.2) is 5.78 Å². The fourth-order valence-electron chi connectivity index (χ4n) is 1.02. The topological polar surface area (TPSA) is 52.3 Å². The second-order valence-electron chi connectivity index (χ2n) is 3.03. The van der Waals surface area contributed by atoms with Gasteiger partial charge in [-0.25, -0.2) is 0 Å². The van der Waals surface area contributed by atoms with E-state index in [1.165, 1.54) is 13.2 Å². The number of nitrogens with two attached hydrogens (primary N) is 1. The molecule has 0 saturated heterocycles. The Morgan fingerprint density at radius 1 is 1.36 bits per heavy atom.